The fourth-order valence-corrected chi connectivity index (χ4v) is 3.65. The number of halogens is 1. The van der Waals surface area contributed by atoms with E-state index in [2.05, 4.69) is 34.2 Å². The van der Waals surface area contributed by atoms with E-state index in [9.17, 15) is 4.39 Å². The maximum Gasteiger partial charge on any atom is 0.241 e. The summed E-state index contributed by atoms with van der Waals surface area (Å²) in [6.07, 6.45) is 5.36. The molecule has 0 unspecified atom stereocenters. The molecule has 124 valence electrons. The van der Waals surface area contributed by atoms with Gasteiger partial charge in [0.05, 0.1) is 25.0 Å². The Morgan fingerprint density at radius 3 is 2.83 bits per heavy atom. The van der Waals surface area contributed by atoms with Gasteiger partial charge in [-0.2, -0.15) is 0 Å². The minimum absolute atomic E-state index is 0.132. The summed E-state index contributed by atoms with van der Waals surface area (Å²) in [6.45, 7) is 5.24. The summed E-state index contributed by atoms with van der Waals surface area (Å²) in [5.41, 5.74) is 1.26. The van der Waals surface area contributed by atoms with Crippen molar-refractivity contribution >= 4 is 11.5 Å². The zero-order valence-corrected chi connectivity index (χ0v) is 13.5. The van der Waals surface area contributed by atoms with Gasteiger partial charge in [-0.05, 0) is 24.7 Å². The molecule has 6 nitrogen and oxygen atoms in total. The molecule has 0 amide bonds. The van der Waals surface area contributed by atoms with Gasteiger partial charge in [0.1, 0.15) is 17.5 Å². The van der Waals surface area contributed by atoms with E-state index >= 15 is 0 Å². The van der Waals surface area contributed by atoms with Crippen LogP contribution in [0.4, 0.5) is 10.3 Å². The molecule has 0 bridgehead atoms. The number of hydrogen-bond acceptors (Lipinski definition) is 5. The molecule has 2 aromatic heterocycles. The number of anilines is 1. The molecular weight excluding hydrogens is 297 g/mol. The molecule has 1 saturated heterocycles. The molecule has 1 N–H and O–H groups in total. The highest BCUT2D eigenvalue weighted by Crippen LogP contribution is 2.49. The highest BCUT2D eigenvalue weighted by Gasteiger charge is 2.39. The lowest BCUT2D eigenvalue weighted by molar-refractivity contribution is 0.0284. The number of ether oxygens (including phenoxy) is 1. The van der Waals surface area contributed by atoms with Crippen LogP contribution >= 0.6 is 0 Å². The average Bonchev–Trinajstić information content (AvgIpc) is 2.90. The van der Waals surface area contributed by atoms with Crippen molar-refractivity contribution in [2.24, 2.45) is 5.41 Å². The highest BCUT2D eigenvalue weighted by atomic mass is 19.1. The largest absolute Gasteiger partial charge is 0.378 e. The molecule has 7 heteroatoms. The third-order valence-electron chi connectivity index (χ3n) is 4.87. The van der Waals surface area contributed by atoms with Gasteiger partial charge in [-0.15, -0.1) is 5.10 Å². The Bertz CT molecular complexity index is 708. The number of fused-ring (bicyclic) bond motifs is 1. The van der Waals surface area contributed by atoms with Crippen LogP contribution in [0.2, 0.25) is 0 Å². The zero-order chi connectivity index (χ0) is 16.0. The van der Waals surface area contributed by atoms with Crippen molar-refractivity contribution in [2.45, 2.75) is 51.2 Å². The maximum absolute atomic E-state index is 13.9. The van der Waals surface area contributed by atoms with E-state index < -0.39 is 6.17 Å². The van der Waals surface area contributed by atoms with E-state index in [-0.39, 0.29) is 12.6 Å². The number of alkyl halides is 1. The Labute approximate surface area is 134 Å². The molecule has 0 spiro atoms. The Kier molecular flexibility index (Phi) is 3.48. The van der Waals surface area contributed by atoms with Crippen LogP contribution in [-0.4, -0.2) is 45.0 Å². The molecule has 3 heterocycles. The van der Waals surface area contributed by atoms with E-state index in [0.29, 0.717) is 30.3 Å². The SMILES string of the molecule is CC1(C)CC(c2ncc3cnc(N[C@@H]4CCOC[C@H]4F)nn23)C1. The van der Waals surface area contributed by atoms with E-state index in [0.717, 1.165) is 24.2 Å². The lowest BCUT2D eigenvalue weighted by Crippen LogP contribution is -2.39. The van der Waals surface area contributed by atoms with E-state index in [1.807, 2.05) is 4.52 Å². The quantitative estimate of drug-likeness (QED) is 0.942. The van der Waals surface area contributed by atoms with Crippen LogP contribution in [0.15, 0.2) is 12.4 Å². The first-order chi connectivity index (χ1) is 11.0. The number of imidazole rings is 1. The van der Waals surface area contributed by atoms with Crippen LogP contribution in [0.3, 0.4) is 0 Å². The topological polar surface area (TPSA) is 64.3 Å². The predicted octanol–water partition coefficient (Wildman–Crippen LogP) is 2.57. The third-order valence-corrected chi connectivity index (χ3v) is 4.87. The minimum atomic E-state index is -1.03. The fraction of sp³-hybridized carbons (Fsp3) is 0.688. The van der Waals surface area contributed by atoms with Gasteiger partial charge in [0.25, 0.3) is 0 Å². The monoisotopic (exact) mass is 319 g/mol. The van der Waals surface area contributed by atoms with Gasteiger partial charge in [-0.3, -0.25) is 0 Å². The summed E-state index contributed by atoms with van der Waals surface area (Å²) in [5, 5.41) is 7.64. The summed E-state index contributed by atoms with van der Waals surface area (Å²) < 4.78 is 20.9. The summed E-state index contributed by atoms with van der Waals surface area (Å²) in [4.78, 5) is 8.81. The Morgan fingerprint density at radius 1 is 1.30 bits per heavy atom. The normalized spacial score (nSPS) is 27.8. The van der Waals surface area contributed by atoms with Gasteiger partial charge in [-0.25, -0.2) is 18.9 Å². The number of aromatic nitrogens is 4. The van der Waals surface area contributed by atoms with Crippen LogP contribution in [0, 0.1) is 5.41 Å². The summed E-state index contributed by atoms with van der Waals surface area (Å²) in [6, 6.07) is -0.296. The van der Waals surface area contributed by atoms with Crippen LogP contribution in [-0.2, 0) is 4.74 Å². The summed E-state index contributed by atoms with van der Waals surface area (Å²) in [7, 11) is 0. The number of rotatable bonds is 3. The minimum Gasteiger partial charge on any atom is -0.378 e. The van der Waals surface area contributed by atoms with E-state index in [1.165, 1.54) is 0 Å². The first-order valence-corrected chi connectivity index (χ1v) is 8.21. The maximum atomic E-state index is 13.9. The van der Waals surface area contributed by atoms with Crippen LogP contribution in [0.5, 0.6) is 0 Å². The molecule has 1 aliphatic carbocycles. The first kappa shape index (κ1) is 14.8. The smallest absolute Gasteiger partial charge is 0.241 e. The molecule has 2 atom stereocenters. The van der Waals surface area contributed by atoms with Crippen molar-refractivity contribution in [3.05, 3.63) is 18.2 Å². The fourth-order valence-electron chi connectivity index (χ4n) is 3.65. The van der Waals surface area contributed by atoms with Crippen molar-refractivity contribution in [2.75, 3.05) is 18.5 Å². The summed E-state index contributed by atoms with van der Waals surface area (Å²) >= 11 is 0. The van der Waals surface area contributed by atoms with Crippen LogP contribution in [0.1, 0.15) is 44.9 Å². The average molecular weight is 319 g/mol. The van der Waals surface area contributed by atoms with Gasteiger partial charge < -0.3 is 10.1 Å². The van der Waals surface area contributed by atoms with Crippen molar-refractivity contribution in [3.8, 4) is 0 Å². The Hall–Kier alpha value is -1.76. The van der Waals surface area contributed by atoms with Crippen molar-refractivity contribution in [1.82, 2.24) is 19.6 Å². The molecule has 0 aromatic carbocycles. The zero-order valence-electron chi connectivity index (χ0n) is 13.5. The van der Waals surface area contributed by atoms with Crippen molar-refractivity contribution in [3.63, 3.8) is 0 Å². The molecule has 1 aliphatic heterocycles. The van der Waals surface area contributed by atoms with Gasteiger partial charge in [-0.1, -0.05) is 13.8 Å². The lowest BCUT2D eigenvalue weighted by atomic mass is 9.64. The van der Waals surface area contributed by atoms with Crippen LogP contribution < -0.4 is 5.32 Å². The van der Waals surface area contributed by atoms with E-state index in [4.69, 9.17) is 4.74 Å². The molecule has 2 aromatic rings. The van der Waals surface area contributed by atoms with Crippen molar-refractivity contribution < 1.29 is 9.13 Å². The van der Waals surface area contributed by atoms with E-state index in [1.54, 1.807) is 12.4 Å². The number of hydrogen-bond donors (Lipinski definition) is 1. The second-order valence-corrected chi connectivity index (χ2v) is 7.43. The number of nitrogens with one attached hydrogen (secondary N) is 1. The van der Waals surface area contributed by atoms with Crippen molar-refractivity contribution in [1.29, 1.82) is 0 Å². The van der Waals surface area contributed by atoms with Gasteiger partial charge >= 0.3 is 0 Å². The Morgan fingerprint density at radius 2 is 2.09 bits per heavy atom. The van der Waals surface area contributed by atoms with Gasteiger partial charge in [0, 0.05) is 12.5 Å². The second-order valence-electron chi connectivity index (χ2n) is 7.43. The second kappa shape index (κ2) is 5.40. The van der Waals surface area contributed by atoms with Gasteiger partial charge in [0.2, 0.25) is 5.95 Å². The molecule has 1 saturated carbocycles. The lowest BCUT2D eigenvalue weighted by Gasteiger charge is -2.41. The molecule has 4 rings (SSSR count). The molecule has 2 aliphatic rings. The third kappa shape index (κ3) is 2.78. The molecule has 23 heavy (non-hydrogen) atoms. The molecule has 0 radical (unpaired) electrons. The molecule has 2 fully saturated rings. The molecular formula is C16H22FN5O. The predicted molar refractivity (Wildman–Crippen MR) is 84.3 cm³/mol. The Balaban J connectivity index is 1.57. The standard InChI is InChI=1S/C16H22FN5O/c1-16(2)5-10(6-16)14-18-7-11-8-19-15(21-22(11)14)20-13-3-4-23-9-12(13)17/h7-8,10,12-13H,3-6,9H2,1-2H3,(H,20,21)/t12-,13-/m1/s1. The summed E-state index contributed by atoms with van der Waals surface area (Å²) in [5.74, 6) is 1.87. The van der Waals surface area contributed by atoms with Gasteiger partial charge in [0.15, 0.2) is 0 Å². The van der Waals surface area contributed by atoms with Crippen LogP contribution in [0.25, 0.3) is 5.52 Å². The number of nitrogens with zero attached hydrogens (tertiary/aromatic N) is 4. The first-order valence-electron chi connectivity index (χ1n) is 8.21. The highest BCUT2D eigenvalue weighted by molar-refractivity contribution is 5.45.